The Labute approximate surface area is 118 Å². The topological polar surface area (TPSA) is 84.2 Å². The van der Waals surface area contributed by atoms with E-state index in [9.17, 15) is 9.59 Å². The number of fused-ring (bicyclic) bond motifs is 1. The standard InChI is InChI=1S/C15H21N3O2/c1-9(2)14(16)15(20)17-11-6-7-12-10(8-11)4-3-5-13(19)18-12/h6-9,14H,3-5,16H2,1-2H3,(H,17,20)(H,18,19)/t14-/m0/s1. The molecule has 1 aliphatic rings. The van der Waals surface area contributed by atoms with Crippen molar-refractivity contribution in [1.29, 1.82) is 0 Å². The summed E-state index contributed by atoms with van der Waals surface area (Å²) in [6.07, 6.45) is 2.18. The van der Waals surface area contributed by atoms with Crippen molar-refractivity contribution in [2.24, 2.45) is 11.7 Å². The Balaban J connectivity index is 2.13. The van der Waals surface area contributed by atoms with Crippen molar-refractivity contribution >= 4 is 23.2 Å². The summed E-state index contributed by atoms with van der Waals surface area (Å²) in [6.45, 7) is 3.83. The molecule has 0 aliphatic carbocycles. The Morgan fingerprint density at radius 2 is 2.10 bits per heavy atom. The van der Waals surface area contributed by atoms with Gasteiger partial charge in [0.15, 0.2) is 0 Å². The first kappa shape index (κ1) is 14.5. The molecule has 2 amide bonds. The van der Waals surface area contributed by atoms with Gasteiger partial charge in [-0.2, -0.15) is 0 Å². The molecule has 0 radical (unpaired) electrons. The van der Waals surface area contributed by atoms with E-state index in [0.29, 0.717) is 6.42 Å². The van der Waals surface area contributed by atoms with Gasteiger partial charge in [-0.1, -0.05) is 13.8 Å². The van der Waals surface area contributed by atoms with Crippen LogP contribution >= 0.6 is 0 Å². The molecule has 0 saturated heterocycles. The number of aryl methyl sites for hydroxylation is 1. The number of anilines is 2. The predicted octanol–water partition coefficient (Wildman–Crippen LogP) is 1.88. The number of carbonyl (C=O) groups is 2. The first-order valence-corrected chi connectivity index (χ1v) is 6.96. The van der Waals surface area contributed by atoms with E-state index < -0.39 is 6.04 Å². The number of hydrogen-bond donors (Lipinski definition) is 3. The van der Waals surface area contributed by atoms with Crippen LogP contribution in [0.2, 0.25) is 0 Å². The molecule has 1 aromatic carbocycles. The second kappa shape index (κ2) is 6.05. The van der Waals surface area contributed by atoms with Crippen molar-refractivity contribution in [2.45, 2.75) is 39.2 Å². The van der Waals surface area contributed by atoms with Gasteiger partial charge in [-0.25, -0.2) is 0 Å². The molecule has 1 atom stereocenters. The minimum absolute atomic E-state index is 0.0439. The summed E-state index contributed by atoms with van der Waals surface area (Å²) in [7, 11) is 0. The molecule has 0 bridgehead atoms. The number of nitrogens with one attached hydrogen (secondary N) is 2. The largest absolute Gasteiger partial charge is 0.326 e. The summed E-state index contributed by atoms with van der Waals surface area (Å²) in [4.78, 5) is 23.4. The Hall–Kier alpha value is -1.88. The van der Waals surface area contributed by atoms with Gasteiger partial charge in [0.05, 0.1) is 6.04 Å². The van der Waals surface area contributed by atoms with Crippen LogP contribution in [-0.2, 0) is 16.0 Å². The first-order chi connectivity index (χ1) is 9.47. The van der Waals surface area contributed by atoms with Crippen LogP contribution in [0.3, 0.4) is 0 Å². The Morgan fingerprint density at radius 3 is 2.80 bits per heavy atom. The van der Waals surface area contributed by atoms with Crippen molar-refractivity contribution in [2.75, 3.05) is 10.6 Å². The van der Waals surface area contributed by atoms with E-state index in [-0.39, 0.29) is 17.7 Å². The highest BCUT2D eigenvalue weighted by Gasteiger charge is 2.18. The molecule has 1 heterocycles. The molecule has 108 valence electrons. The molecule has 0 unspecified atom stereocenters. The second-order valence-corrected chi connectivity index (χ2v) is 5.53. The van der Waals surface area contributed by atoms with Gasteiger partial charge in [-0.15, -0.1) is 0 Å². The monoisotopic (exact) mass is 275 g/mol. The highest BCUT2D eigenvalue weighted by Crippen LogP contribution is 2.25. The van der Waals surface area contributed by atoms with Gasteiger partial charge in [0, 0.05) is 17.8 Å². The Kier molecular flexibility index (Phi) is 4.39. The number of benzene rings is 1. The summed E-state index contributed by atoms with van der Waals surface area (Å²) >= 11 is 0. The molecule has 2 rings (SSSR count). The lowest BCUT2D eigenvalue weighted by Crippen LogP contribution is -2.39. The maximum absolute atomic E-state index is 11.9. The molecule has 0 saturated carbocycles. The van der Waals surface area contributed by atoms with Crippen molar-refractivity contribution in [1.82, 2.24) is 0 Å². The van der Waals surface area contributed by atoms with Crippen molar-refractivity contribution < 1.29 is 9.59 Å². The van der Waals surface area contributed by atoms with Crippen LogP contribution in [-0.4, -0.2) is 17.9 Å². The average Bonchev–Trinajstić information content (AvgIpc) is 2.58. The molecule has 1 aromatic rings. The fourth-order valence-corrected chi connectivity index (χ4v) is 2.18. The summed E-state index contributed by atoms with van der Waals surface area (Å²) < 4.78 is 0. The van der Waals surface area contributed by atoms with E-state index >= 15 is 0 Å². The minimum atomic E-state index is -0.520. The SMILES string of the molecule is CC(C)[C@H](N)C(=O)Nc1ccc2c(c1)CCCC(=O)N2. The fraction of sp³-hybridized carbons (Fsp3) is 0.467. The maximum atomic E-state index is 11.9. The number of amides is 2. The lowest BCUT2D eigenvalue weighted by molar-refractivity contribution is -0.118. The van der Waals surface area contributed by atoms with E-state index in [1.165, 1.54) is 0 Å². The van der Waals surface area contributed by atoms with E-state index in [4.69, 9.17) is 5.73 Å². The van der Waals surface area contributed by atoms with E-state index in [2.05, 4.69) is 10.6 Å². The van der Waals surface area contributed by atoms with Gasteiger partial charge in [0.2, 0.25) is 11.8 Å². The zero-order chi connectivity index (χ0) is 14.7. The van der Waals surface area contributed by atoms with E-state index in [1.807, 2.05) is 26.0 Å². The Bertz CT molecular complexity index is 526. The van der Waals surface area contributed by atoms with Crippen LogP contribution in [0.25, 0.3) is 0 Å². The zero-order valence-corrected chi connectivity index (χ0v) is 11.9. The zero-order valence-electron chi connectivity index (χ0n) is 11.9. The third kappa shape index (κ3) is 3.36. The van der Waals surface area contributed by atoms with Crippen LogP contribution < -0.4 is 16.4 Å². The van der Waals surface area contributed by atoms with Crippen LogP contribution in [0.5, 0.6) is 0 Å². The highest BCUT2D eigenvalue weighted by molar-refractivity contribution is 5.96. The van der Waals surface area contributed by atoms with E-state index in [0.717, 1.165) is 29.8 Å². The molecule has 5 nitrogen and oxygen atoms in total. The number of carbonyl (C=O) groups excluding carboxylic acids is 2. The molecular weight excluding hydrogens is 254 g/mol. The molecule has 0 fully saturated rings. The first-order valence-electron chi connectivity index (χ1n) is 6.96. The summed E-state index contributed by atoms with van der Waals surface area (Å²) in [5.41, 5.74) is 8.42. The molecule has 4 N–H and O–H groups in total. The lowest BCUT2D eigenvalue weighted by Gasteiger charge is -2.16. The van der Waals surface area contributed by atoms with Crippen LogP contribution in [0.4, 0.5) is 11.4 Å². The number of nitrogens with two attached hydrogens (primary N) is 1. The third-order valence-corrected chi connectivity index (χ3v) is 3.52. The summed E-state index contributed by atoms with van der Waals surface area (Å²) in [5, 5.41) is 5.70. The van der Waals surface area contributed by atoms with Gasteiger partial charge in [0.25, 0.3) is 0 Å². The van der Waals surface area contributed by atoms with Crippen LogP contribution in [0.1, 0.15) is 32.3 Å². The fourth-order valence-electron chi connectivity index (χ4n) is 2.18. The smallest absolute Gasteiger partial charge is 0.241 e. The normalized spacial score (nSPS) is 16.1. The molecular formula is C15H21N3O2. The maximum Gasteiger partial charge on any atom is 0.241 e. The average molecular weight is 275 g/mol. The summed E-state index contributed by atoms with van der Waals surface area (Å²) in [6, 6.07) is 5.00. The van der Waals surface area contributed by atoms with Gasteiger partial charge >= 0.3 is 0 Å². The number of rotatable bonds is 3. The predicted molar refractivity (Wildman–Crippen MR) is 79.5 cm³/mol. The van der Waals surface area contributed by atoms with Crippen LogP contribution in [0, 0.1) is 5.92 Å². The van der Waals surface area contributed by atoms with Crippen LogP contribution in [0.15, 0.2) is 18.2 Å². The van der Waals surface area contributed by atoms with Crippen molar-refractivity contribution in [3.8, 4) is 0 Å². The number of hydrogen-bond acceptors (Lipinski definition) is 3. The van der Waals surface area contributed by atoms with Gasteiger partial charge in [0.1, 0.15) is 0 Å². The highest BCUT2D eigenvalue weighted by atomic mass is 16.2. The molecule has 20 heavy (non-hydrogen) atoms. The lowest BCUT2D eigenvalue weighted by atomic mass is 10.0. The van der Waals surface area contributed by atoms with Gasteiger partial charge in [-0.05, 0) is 42.5 Å². The van der Waals surface area contributed by atoms with E-state index in [1.54, 1.807) is 6.07 Å². The van der Waals surface area contributed by atoms with Crippen molar-refractivity contribution in [3.63, 3.8) is 0 Å². The molecule has 0 aromatic heterocycles. The van der Waals surface area contributed by atoms with Gasteiger partial charge in [-0.3, -0.25) is 9.59 Å². The second-order valence-electron chi connectivity index (χ2n) is 5.53. The summed E-state index contributed by atoms with van der Waals surface area (Å²) in [5.74, 6) is -0.0462. The third-order valence-electron chi connectivity index (χ3n) is 3.52. The molecule has 5 heteroatoms. The molecule has 0 spiro atoms. The quantitative estimate of drug-likeness (QED) is 0.787. The van der Waals surface area contributed by atoms with Crippen molar-refractivity contribution in [3.05, 3.63) is 23.8 Å². The minimum Gasteiger partial charge on any atom is -0.326 e. The van der Waals surface area contributed by atoms with Gasteiger partial charge < -0.3 is 16.4 Å². The molecule has 1 aliphatic heterocycles. The Morgan fingerprint density at radius 1 is 1.35 bits per heavy atom.